The van der Waals surface area contributed by atoms with E-state index in [0.717, 1.165) is 5.92 Å². The van der Waals surface area contributed by atoms with Crippen molar-refractivity contribution in [2.45, 2.75) is 31.6 Å². The van der Waals surface area contributed by atoms with Crippen LogP contribution in [0.5, 0.6) is 0 Å². The van der Waals surface area contributed by atoms with Crippen LogP contribution in [-0.2, 0) is 16.0 Å². The molecule has 76 valence electrons. The van der Waals surface area contributed by atoms with Gasteiger partial charge < -0.3 is 4.74 Å². The second-order valence-electron chi connectivity index (χ2n) is 3.69. The molecule has 1 heterocycles. The predicted octanol–water partition coefficient (Wildman–Crippen LogP) is 2.73. The normalized spacial score (nSPS) is 16.4. The molecule has 0 aliphatic heterocycles. The van der Waals surface area contributed by atoms with Gasteiger partial charge in [-0.05, 0) is 35.8 Å². The Bertz CT molecular complexity index is 326. The second kappa shape index (κ2) is 4.13. The standard InChI is InChI=1S/C11H14O2S/c1-13-10(12)7-9-5-6-14-11(9)8-3-2-4-8/h5-6,8H,2-4,7H2,1H3. The van der Waals surface area contributed by atoms with Crippen LogP contribution in [0.15, 0.2) is 11.4 Å². The summed E-state index contributed by atoms with van der Waals surface area (Å²) in [5.74, 6) is 0.582. The average Bonchev–Trinajstić information content (AvgIpc) is 2.50. The summed E-state index contributed by atoms with van der Waals surface area (Å²) in [4.78, 5) is 12.5. The van der Waals surface area contributed by atoms with E-state index in [4.69, 9.17) is 0 Å². The van der Waals surface area contributed by atoms with Crippen LogP contribution in [-0.4, -0.2) is 13.1 Å². The highest BCUT2D eigenvalue weighted by Crippen LogP contribution is 2.40. The molecule has 0 atom stereocenters. The van der Waals surface area contributed by atoms with E-state index in [0.29, 0.717) is 6.42 Å². The first-order valence-electron chi connectivity index (χ1n) is 4.94. The molecule has 1 aliphatic carbocycles. The highest BCUT2D eigenvalue weighted by atomic mass is 32.1. The third-order valence-electron chi connectivity index (χ3n) is 2.82. The van der Waals surface area contributed by atoms with E-state index in [2.05, 4.69) is 16.2 Å². The molecule has 0 unspecified atom stereocenters. The fourth-order valence-electron chi connectivity index (χ4n) is 1.75. The van der Waals surface area contributed by atoms with E-state index in [1.807, 2.05) is 0 Å². The van der Waals surface area contributed by atoms with Crippen LogP contribution in [0.4, 0.5) is 0 Å². The van der Waals surface area contributed by atoms with Crippen molar-refractivity contribution in [2.75, 3.05) is 7.11 Å². The van der Waals surface area contributed by atoms with Gasteiger partial charge in [0.05, 0.1) is 13.5 Å². The number of rotatable bonds is 3. The zero-order chi connectivity index (χ0) is 9.97. The molecule has 0 spiro atoms. The van der Waals surface area contributed by atoms with Gasteiger partial charge in [0.2, 0.25) is 0 Å². The van der Waals surface area contributed by atoms with Crippen molar-refractivity contribution in [1.29, 1.82) is 0 Å². The second-order valence-corrected chi connectivity index (χ2v) is 4.64. The minimum Gasteiger partial charge on any atom is -0.469 e. The average molecular weight is 210 g/mol. The Labute approximate surface area is 87.9 Å². The molecule has 1 fully saturated rings. The molecule has 14 heavy (non-hydrogen) atoms. The molecule has 1 aromatic rings. The van der Waals surface area contributed by atoms with Crippen molar-refractivity contribution < 1.29 is 9.53 Å². The minimum absolute atomic E-state index is 0.135. The Hall–Kier alpha value is -0.830. The van der Waals surface area contributed by atoms with E-state index in [1.54, 1.807) is 11.3 Å². The smallest absolute Gasteiger partial charge is 0.310 e. The Balaban J connectivity index is 2.08. The molecule has 0 saturated heterocycles. The molecule has 0 bridgehead atoms. The number of carbonyl (C=O) groups is 1. The van der Waals surface area contributed by atoms with Crippen molar-refractivity contribution >= 4 is 17.3 Å². The SMILES string of the molecule is COC(=O)Cc1ccsc1C1CCC1. The van der Waals surface area contributed by atoms with Crippen molar-refractivity contribution in [1.82, 2.24) is 0 Å². The number of hydrogen-bond acceptors (Lipinski definition) is 3. The maximum absolute atomic E-state index is 11.1. The number of thiophene rings is 1. The van der Waals surface area contributed by atoms with Crippen LogP contribution in [0.2, 0.25) is 0 Å². The van der Waals surface area contributed by atoms with Gasteiger partial charge in [0.15, 0.2) is 0 Å². The lowest BCUT2D eigenvalue weighted by atomic mass is 9.82. The fraction of sp³-hybridized carbons (Fsp3) is 0.545. The molecule has 1 aliphatic rings. The minimum atomic E-state index is -0.135. The Kier molecular flexibility index (Phi) is 2.87. The molecule has 3 heteroatoms. The first kappa shape index (κ1) is 9.71. The molecule has 2 nitrogen and oxygen atoms in total. The maximum atomic E-state index is 11.1. The van der Waals surface area contributed by atoms with Gasteiger partial charge in [0.25, 0.3) is 0 Å². The van der Waals surface area contributed by atoms with E-state index >= 15 is 0 Å². The Morgan fingerprint density at radius 1 is 1.64 bits per heavy atom. The van der Waals surface area contributed by atoms with Crippen LogP contribution >= 0.6 is 11.3 Å². The van der Waals surface area contributed by atoms with Crippen LogP contribution < -0.4 is 0 Å². The molecule has 0 aromatic carbocycles. The van der Waals surface area contributed by atoms with Gasteiger partial charge >= 0.3 is 5.97 Å². The summed E-state index contributed by atoms with van der Waals surface area (Å²) in [6.45, 7) is 0. The van der Waals surface area contributed by atoms with E-state index < -0.39 is 0 Å². The zero-order valence-corrected chi connectivity index (χ0v) is 9.10. The van der Waals surface area contributed by atoms with Gasteiger partial charge in [-0.3, -0.25) is 4.79 Å². The monoisotopic (exact) mass is 210 g/mol. The first-order valence-corrected chi connectivity index (χ1v) is 5.82. The van der Waals surface area contributed by atoms with Crippen LogP contribution in [0.3, 0.4) is 0 Å². The molecule has 2 rings (SSSR count). The summed E-state index contributed by atoms with van der Waals surface area (Å²) in [7, 11) is 1.44. The predicted molar refractivity (Wildman–Crippen MR) is 56.6 cm³/mol. The third-order valence-corrected chi connectivity index (χ3v) is 3.94. The Morgan fingerprint density at radius 3 is 3.00 bits per heavy atom. The largest absolute Gasteiger partial charge is 0.469 e. The number of ether oxygens (including phenoxy) is 1. The summed E-state index contributed by atoms with van der Waals surface area (Å²) in [6, 6.07) is 2.05. The van der Waals surface area contributed by atoms with Crippen molar-refractivity contribution in [2.24, 2.45) is 0 Å². The fourth-order valence-corrected chi connectivity index (χ4v) is 2.85. The lowest BCUT2D eigenvalue weighted by Crippen LogP contribution is -2.11. The maximum Gasteiger partial charge on any atom is 0.310 e. The molecule has 0 radical (unpaired) electrons. The highest BCUT2D eigenvalue weighted by Gasteiger charge is 2.23. The van der Waals surface area contributed by atoms with Crippen molar-refractivity contribution in [3.63, 3.8) is 0 Å². The molecule has 1 aromatic heterocycles. The topological polar surface area (TPSA) is 26.3 Å². The first-order chi connectivity index (χ1) is 6.81. The van der Waals surface area contributed by atoms with E-state index in [1.165, 1.54) is 36.8 Å². The summed E-state index contributed by atoms with van der Waals surface area (Å²) >= 11 is 1.78. The van der Waals surface area contributed by atoms with Gasteiger partial charge in [0, 0.05) is 4.88 Å². The Morgan fingerprint density at radius 2 is 2.43 bits per heavy atom. The van der Waals surface area contributed by atoms with Gasteiger partial charge in [-0.25, -0.2) is 0 Å². The van der Waals surface area contributed by atoms with Crippen LogP contribution in [0.25, 0.3) is 0 Å². The summed E-state index contributed by atoms with van der Waals surface area (Å²) in [5, 5.41) is 2.08. The van der Waals surface area contributed by atoms with E-state index in [-0.39, 0.29) is 5.97 Å². The summed E-state index contributed by atoms with van der Waals surface area (Å²) in [5.41, 5.74) is 1.17. The molecule has 0 N–H and O–H groups in total. The van der Waals surface area contributed by atoms with E-state index in [9.17, 15) is 4.79 Å². The molecular weight excluding hydrogens is 196 g/mol. The van der Waals surface area contributed by atoms with Gasteiger partial charge in [0.1, 0.15) is 0 Å². The number of hydrogen-bond donors (Lipinski definition) is 0. The number of esters is 1. The summed E-state index contributed by atoms with van der Waals surface area (Å²) < 4.78 is 4.68. The highest BCUT2D eigenvalue weighted by molar-refractivity contribution is 7.10. The summed E-state index contributed by atoms with van der Waals surface area (Å²) in [6.07, 6.45) is 4.34. The van der Waals surface area contributed by atoms with Crippen LogP contribution in [0, 0.1) is 0 Å². The molecular formula is C11H14O2S. The quantitative estimate of drug-likeness (QED) is 0.717. The van der Waals surface area contributed by atoms with Gasteiger partial charge in [-0.15, -0.1) is 11.3 Å². The lowest BCUT2D eigenvalue weighted by molar-refractivity contribution is -0.139. The van der Waals surface area contributed by atoms with Crippen LogP contribution in [0.1, 0.15) is 35.6 Å². The molecule has 1 saturated carbocycles. The third kappa shape index (κ3) is 1.82. The van der Waals surface area contributed by atoms with Crippen molar-refractivity contribution in [3.8, 4) is 0 Å². The number of carbonyl (C=O) groups excluding carboxylic acids is 1. The zero-order valence-electron chi connectivity index (χ0n) is 8.29. The lowest BCUT2D eigenvalue weighted by Gasteiger charge is -2.25. The van der Waals surface area contributed by atoms with Gasteiger partial charge in [-0.1, -0.05) is 6.42 Å². The van der Waals surface area contributed by atoms with Gasteiger partial charge in [-0.2, -0.15) is 0 Å². The molecule has 0 amide bonds. The van der Waals surface area contributed by atoms with Crippen molar-refractivity contribution in [3.05, 3.63) is 21.9 Å². The number of methoxy groups -OCH3 is 1.